The number of rotatable bonds is 6. The molecule has 1 saturated heterocycles. The predicted octanol–water partition coefficient (Wildman–Crippen LogP) is 3.89. The van der Waals surface area contributed by atoms with Gasteiger partial charge in [0.05, 0.1) is 41.7 Å². The lowest BCUT2D eigenvalue weighted by atomic mass is 9.90. The van der Waals surface area contributed by atoms with Crippen molar-refractivity contribution >= 4 is 32.6 Å². The maximum atomic E-state index is 13.7. The highest BCUT2D eigenvalue weighted by atomic mass is 79.9. The minimum absolute atomic E-state index is 0.00514. The van der Waals surface area contributed by atoms with Gasteiger partial charge in [0.25, 0.3) is 11.5 Å². The van der Waals surface area contributed by atoms with Crippen LogP contribution >= 0.6 is 15.9 Å². The third kappa shape index (κ3) is 4.61. The van der Waals surface area contributed by atoms with E-state index >= 15 is 0 Å². The second-order valence-corrected chi connectivity index (χ2v) is 10.8. The van der Waals surface area contributed by atoms with Crippen LogP contribution in [0, 0.1) is 5.82 Å². The molecule has 0 unspecified atom stereocenters. The summed E-state index contributed by atoms with van der Waals surface area (Å²) in [6.07, 6.45) is 1.64. The average molecular weight is 603 g/mol. The van der Waals surface area contributed by atoms with Crippen molar-refractivity contribution in [3.05, 3.63) is 122 Å². The zero-order valence-corrected chi connectivity index (χ0v) is 23.0. The summed E-state index contributed by atoms with van der Waals surface area (Å²) in [6.45, 7) is 2.10. The number of nitrogens with zero attached hydrogens (tertiary/aromatic N) is 6. The number of fused-ring (bicyclic) bond motifs is 1. The molecule has 0 bridgehead atoms. The van der Waals surface area contributed by atoms with E-state index in [-0.39, 0.29) is 48.7 Å². The second kappa shape index (κ2) is 10.1. The molecule has 1 aliphatic heterocycles. The fraction of sp³-hybridized carbons (Fsp3) is 0.207. The van der Waals surface area contributed by atoms with E-state index in [0.717, 1.165) is 11.1 Å². The van der Waals surface area contributed by atoms with Crippen molar-refractivity contribution < 1.29 is 14.3 Å². The highest BCUT2D eigenvalue weighted by Crippen LogP contribution is 2.33. The Morgan fingerprint density at radius 3 is 2.50 bits per heavy atom. The van der Waals surface area contributed by atoms with E-state index in [1.54, 1.807) is 47.3 Å². The summed E-state index contributed by atoms with van der Waals surface area (Å²) in [6, 6.07) is 20.8. The van der Waals surface area contributed by atoms with Gasteiger partial charge in [-0.3, -0.25) is 9.59 Å². The fourth-order valence-electron chi connectivity index (χ4n) is 4.90. The molecule has 0 saturated carbocycles. The van der Waals surface area contributed by atoms with E-state index in [0.29, 0.717) is 20.9 Å². The molecular formula is C29H24BrFN6O3. The van der Waals surface area contributed by atoms with Gasteiger partial charge in [-0.15, -0.1) is 5.10 Å². The number of aliphatic hydroxyl groups is 1. The number of carbonyl (C=O) groups excluding carboxylic acids is 1. The van der Waals surface area contributed by atoms with Crippen LogP contribution in [0.3, 0.4) is 0 Å². The quantitative estimate of drug-likeness (QED) is 0.316. The zero-order valence-electron chi connectivity index (χ0n) is 21.4. The van der Waals surface area contributed by atoms with Gasteiger partial charge in [-0.25, -0.2) is 13.8 Å². The molecule has 1 amide bonds. The maximum Gasteiger partial charge on any atom is 0.275 e. The summed E-state index contributed by atoms with van der Waals surface area (Å²) in [5, 5.41) is 24.9. The van der Waals surface area contributed by atoms with Gasteiger partial charge >= 0.3 is 0 Å². The van der Waals surface area contributed by atoms with E-state index in [4.69, 9.17) is 0 Å². The normalized spacial score (nSPS) is 15.2. The van der Waals surface area contributed by atoms with Gasteiger partial charge in [0.15, 0.2) is 5.69 Å². The Hall–Kier alpha value is -4.22. The van der Waals surface area contributed by atoms with Gasteiger partial charge in [-0.1, -0.05) is 59.8 Å². The summed E-state index contributed by atoms with van der Waals surface area (Å²) in [5.41, 5.74) is 0.504. The number of hydrogen-bond donors (Lipinski definition) is 1. The number of halogens is 2. The fourth-order valence-corrected chi connectivity index (χ4v) is 5.30. The van der Waals surface area contributed by atoms with Crippen LogP contribution in [0.2, 0.25) is 0 Å². The lowest BCUT2D eigenvalue weighted by Gasteiger charge is -2.44. The van der Waals surface area contributed by atoms with Gasteiger partial charge in [0.2, 0.25) is 0 Å². The molecule has 202 valence electrons. The van der Waals surface area contributed by atoms with Crippen LogP contribution in [-0.4, -0.2) is 53.8 Å². The van der Waals surface area contributed by atoms with Crippen molar-refractivity contribution in [2.75, 3.05) is 13.1 Å². The summed E-state index contributed by atoms with van der Waals surface area (Å²) in [4.78, 5) is 28.2. The first-order chi connectivity index (χ1) is 19.2. The Kier molecular flexibility index (Phi) is 6.55. The Bertz CT molecular complexity index is 1800. The van der Waals surface area contributed by atoms with Crippen LogP contribution in [0.4, 0.5) is 4.39 Å². The summed E-state index contributed by atoms with van der Waals surface area (Å²) >= 11 is 3.20. The minimum atomic E-state index is -1.38. The standard InChI is InChI=1S/C29H24BrFN6O3/c1-18(20-11-12-24(31)23(30)13-20)36-15-25(32-34-36)29(40)16-35(17-29)28(39)26-21-9-5-6-10-22(21)27(38)37(33-26)14-19-7-3-2-4-8-19/h2-13,15,18,40H,14,16-17H2,1H3/t18-/m1/s1. The molecular weight excluding hydrogens is 579 g/mol. The van der Waals surface area contributed by atoms with Crippen molar-refractivity contribution in [1.82, 2.24) is 29.7 Å². The molecule has 0 aliphatic carbocycles. The number of amides is 1. The van der Waals surface area contributed by atoms with Crippen LogP contribution in [0.1, 0.15) is 40.3 Å². The van der Waals surface area contributed by atoms with Gasteiger partial charge in [-0.2, -0.15) is 5.10 Å². The van der Waals surface area contributed by atoms with Crippen LogP contribution in [-0.2, 0) is 12.1 Å². The van der Waals surface area contributed by atoms with E-state index in [1.807, 2.05) is 37.3 Å². The maximum absolute atomic E-state index is 13.7. The molecule has 0 radical (unpaired) electrons. The molecule has 11 heteroatoms. The first-order valence-corrected chi connectivity index (χ1v) is 13.5. The van der Waals surface area contributed by atoms with Gasteiger partial charge in [-0.05, 0) is 52.2 Å². The number of likely N-dealkylation sites (tertiary alicyclic amines) is 1. The van der Waals surface area contributed by atoms with Crippen molar-refractivity contribution in [3.8, 4) is 0 Å². The van der Waals surface area contributed by atoms with Gasteiger partial charge < -0.3 is 10.0 Å². The highest BCUT2D eigenvalue weighted by Gasteiger charge is 2.48. The van der Waals surface area contributed by atoms with Crippen LogP contribution in [0.15, 0.2) is 88.3 Å². The number of carbonyl (C=O) groups is 1. The third-order valence-electron chi connectivity index (χ3n) is 7.25. The molecule has 3 aromatic carbocycles. The Morgan fingerprint density at radius 2 is 1.77 bits per heavy atom. The molecule has 6 rings (SSSR count). The molecule has 5 aromatic rings. The van der Waals surface area contributed by atoms with Gasteiger partial charge in [0.1, 0.15) is 17.1 Å². The van der Waals surface area contributed by atoms with Crippen LogP contribution < -0.4 is 5.56 Å². The molecule has 1 N–H and O–H groups in total. The van der Waals surface area contributed by atoms with Crippen molar-refractivity contribution in [1.29, 1.82) is 0 Å². The van der Waals surface area contributed by atoms with E-state index in [2.05, 4.69) is 31.3 Å². The molecule has 40 heavy (non-hydrogen) atoms. The summed E-state index contributed by atoms with van der Waals surface area (Å²) in [7, 11) is 0. The largest absolute Gasteiger partial charge is 0.380 e. The average Bonchev–Trinajstić information content (AvgIpc) is 3.45. The predicted molar refractivity (Wildman–Crippen MR) is 149 cm³/mol. The summed E-state index contributed by atoms with van der Waals surface area (Å²) < 4.78 is 16.9. The zero-order chi connectivity index (χ0) is 28.0. The summed E-state index contributed by atoms with van der Waals surface area (Å²) in [5.74, 6) is -0.749. The molecule has 1 fully saturated rings. The van der Waals surface area contributed by atoms with Crippen LogP contribution in [0.25, 0.3) is 10.8 Å². The number of benzene rings is 3. The Morgan fingerprint density at radius 1 is 1.07 bits per heavy atom. The first-order valence-electron chi connectivity index (χ1n) is 12.7. The van der Waals surface area contributed by atoms with E-state index < -0.39 is 5.60 Å². The lowest BCUT2D eigenvalue weighted by molar-refractivity contribution is -0.0894. The third-order valence-corrected chi connectivity index (χ3v) is 7.86. The van der Waals surface area contributed by atoms with E-state index in [9.17, 15) is 19.1 Å². The second-order valence-electron chi connectivity index (χ2n) is 9.97. The Labute approximate surface area is 236 Å². The van der Waals surface area contributed by atoms with Crippen molar-refractivity contribution in [2.24, 2.45) is 0 Å². The monoisotopic (exact) mass is 602 g/mol. The highest BCUT2D eigenvalue weighted by molar-refractivity contribution is 9.10. The van der Waals surface area contributed by atoms with E-state index in [1.165, 1.54) is 15.6 Å². The number of β-amino-alcohol motifs (C(OH)–C–C–N with tert-alkyl or cyclic N) is 1. The Balaban J connectivity index is 1.24. The molecule has 9 nitrogen and oxygen atoms in total. The molecule has 3 heterocycles. The topological polar surface area (TPSA) is 106 Å². The lowest BCUT2D eigenvalue weighted by Crippen LogP contribution is -2.61. The number of aromatic nitrogens is 5. The van der Waals surface area contributed by atoms with Crippen LogP contribution in [0.5, 0.6) is 0 Å². The molecule has 1 atom stereocenters. The SMILES string of the molecule is C[C@H](c1ccc(F)c(Br)c1)n1cc(C2(O)CN(C(=O)c3nn(Cc4ccccc4)c(=O)c4ccccc34)C2)nn1. The molecule has 0 spiro atoms. The minimum Gasteiger partial charge on any atom is -0.380 e. The molecule has 1 aliphatic rings. The van der Waals surface area contributed by atoms with Gasteiger partial charge in [0, 0.05) is 5.39 Å². The smallest absolute Gasteiger partial charge is 0.275 e. The van der Waals surface area contributed by atoms with Crippen molar-refractivity contribution in [3.63, 3.8) is 0 Å². The molecule has 2 aromatic heterocycles. The van der Waals surface area contributed by atoms with Crippen molar-refractivity contribution in [2.45, 2.75) is 25.1 Å². The first kappa shape index (κ1) is 26.0. The number of hydrogen-bond acceptors (Lipinski definition) is 6.